The van der Waals surface area contributed by atoms with Crippen molar-refractivity contribution < 1.29 is 9.72 Å². The lowest BCUT2D eigenvalue weighted by Crippen LogP contribution is -2.32. The third-order valence-corrected chi connectivity index (χ3v) is 6.82. The van der Waals surface area contributed by atoms with Crippen molar-refractivity contribution in [2.75, 3.05) is 17.2 Å². The number of carbonyl (C=O) groups is 1. The first kappa shape index (κ1) is 22.6. The van der Waals surface area contributed by atoms with E-state index in [1.165, 1.54) is 40.1 Å². The number of para-hydroxylation sites is 1. The number of hydrogen-bond donors (Lipinski definition) is 1. The summed E-state index contributed by atoms with van der Waals surface area (Å²) in [5.41, 5.74) is 3.59. The Morgan fingerprint density at radius 2 is 1.97 bits per heavy atom. The number of aromatic nitrogens is 5. The number of nitrogens with zero attached hydrogens (tertiary/aromatic N) is 6. The summed E-state index contributed by atoms with van der Waals surface area (Å²) in [6, 6.07) is 13.9. The molecular formula is C23H17N7O3S2. The van der Waals surface area contributed by atoms with Gasteiger partial charge >= 0.3 is 0 Å². The number of aromatic amines is 1. The fourth-order valence-electron chi connectivity index (χ4n) is 3.46. The molecule has 0 fully saturated rings. The molecule has 0 bridgehead atoms. The third-order valence-electron chi connectivity index (χ3n) is 5.14. The van der Waals surface area contributed by atoms with Crippen LogP contribution in [0.2, 0.25) is 0 Å². The van der Waals surface area contributed by atoms with Crippen LogP contribution in [0.5, 0.6) is 0 Å². The van der Waals surface area contributed by atoms with Crippen LogP contribution in [0.25, 0.3) is 33.3 Å². The number of hydrogen-bond acceptors (Lipinski definition) is 9. The monoisotopic (exact) mass is 503 g/mol. The minimum atomic E-state index is -0.451. The zero-order chi connectivity index (χ0) is 24.4. The molecule has 174 valence electrons. The Kier molecular flexibility index (Phi) is 6.21. The molecule has 2 aromatic carbocycles. The fourth-order valence-corrected chi connectivity index (χ4v) is 4.98. The van der Waals surface area contributed by atoms with Crippen LogP contribution in [0, 0.1) is 10.1 Å². The van der Waals surface area contributed by atoms with Gasteiger partial charge in [0.05, 0.1) is 16.4 Å². The van der Waals surface area contributed by atoms with E-state index in [0.29, 0.717) is 27.1 Å². The molecule has 0 unspecified atom stereocenters. The number of amides is 1. The number of fused-ring (bicyclic) bond motifs is 3. The molecular weight excluding hydrogens is 486 g/mol. The van der Waals surface area contributed by atoms with Gasteiger partial charge in [0.25, 0.3) is 5.69 Å². The van der Waals surface area contributed by atoms with E-state index >= 15 is 0 Å². The van der Waals surface area contributed by atoms with Gasteiger partial charge in [0.2, 0.25) is 11.1 Å². The Bertz CT molecular complexity index is 1560. The normalized spacial score (nSPS) is 11.1. The van der Waals surface area contributed by atoms with E-state index in [-0.39, 0.29) is 23.9 Å². The van der Waals surface area contributed by atoms with Crippen molar-refractivity contribution in [3.63, 3.8) is 0 Å². The predicted molar refractivity (Wildman–Crippen MR) is 137 cm³/mol. The standard InChI is InChI=1S/C23H17N7O3S2/c1-2-11-29(23-25-18(12-35-23)14-7-9-15(10-8-14)30(32)33)19(31)13-34-22-26-21-20(27-28-22)16-5-3-4-6-17(16)24-21/h2-10,12H,1,11,13H2,(H,24,26,28). The lowest BCUT2D eigenvalue weighted by Gasteiger charge is -2.17. The highest BCUT2D eigenvalue weighted by molar-refractivity contribution is 7.99. The van der Waals surface area contributed by atoms with E-state index < -0.39 is 4.92 Å². The second-order valence-electron chi connectivity index (χ2n) is 7.36. The molecule has 0 atom stereocenters. The molecule has 3 heterocycles. The summed E-state index contributed by atoms with van der Waals surface area (Å²) in [6.45, 7) is 4.03. The summed E-state index contributed by atoms with van der Waals surface area (Å²) < 4.78 is 0. The van der Waals surface area contributed by atoms with Gasteiger partial charge in [-0.25, -0.2) is 9.97 Å². The average molecular weight is 504 g/mol. The van der Waals surface area contributed by atoms with Crippen LogP contribution in [0.1, 0.15) is 0 Å². The van der Waals surface area contributed by atoms with Crippen LogP contribution in [0.15, 0.2) is 71.7 Å². The molecule has 0 aliphatic carbocycles. The largest absolute Gasteiger partial charge is 0.338 e. The molecule has 0 aliphatic rings. The molecule has 0 spiro atoms. The summed E-state index contributed by atoms with van der Waals surface area (Å²) >= 11 is 2.50. The summed E-state index contributed by atoms with van der Waals surface area (Å²) in [4.78, 5) is 37.3. The van der Waals surface area contributed by atoms with E-state index in [9.17, 15) is 14.9 Å². The maximum Gasteiger partial charge on any atom is 0.269 e. The van der Waals surface area contributed by atoms with Crippen LogP contribution in [0.4, 0.5) is 10.8 Å². The Balaban J connectivity index is 1.31. The van der Waals surface area contributed by atoms with E-state index in [1.54, 1.807) is 18.2 Å². The number of carbonyl (C=O) groups excluding carboxylic acids is 1. The highest BCUT2D eigenvalue weighted by Crippen LogP contribution is 2.30. The SMILES string of the molecule is C=CCN(C(=O)CSc1nnc2c(n1)[nH]c1ccccc12)c1nc(-c2ccc([N+](=O)[O-])cc2)cs1. The van der Waals surface area contributed by atoms with E-state index in [0.717, 1.165) is 16.5 Å². The number of non-ortho nitro benzene ring substituents is 1. The van der Waals surface area contributed by atoms with Gasteiger partial charge in [-0.15, -0.1) is 28.1 Å². The number of rotatable bonds is 8. The molecule has 0 aliphatic heterocycles. The van der Waals surface area contributed by atoms with Crippen molar-refractivity contribution in [1.29, 1.82) is 0 Å². The number of nitrogens with one attached hydrogen (secondary N) is 1. The molecule has 1 N–H and O–H groups in total. The molecule has 5 aromatic rings. The van der Waals surface area contributed by atoms with Crippen molar-refractivity contribution >= 4 is 61.9 Å². The number of benzene rings is 2. The first-order valence-corrected chi connectivity index (χ1v) is 12.3. The highest BCUT2D eigenvalue weighted by atomic mass is 32.2. The van der Waals surface area contributed by atoms with Crippen LogP contribution < -0.4 is 4.90 Å². The third kappa shape index (κ3) is 4.61. The van der Waals surface area contributed by atoms with Crippen LogP contribution in [-0.4, -0.2) is 48.3 Å². The molecule has 1 amide bonds. The average Bonchev–Trinajstić information content (AvgIpc) is 3.50. The first-order chi connectivity index (χ1) is 17.0. The number of thioether (sulfide) groups is 1. The van der Waals surface area contributed by atoms with Gasteiger partial charge in [-0.1, -0.05) is 36.0 Å². The Hall–Kier alpha value is -4.16. The zero-order valence-corrected chi connectivity index (χ0v) is 19.8. The van der Waals surface area contributed by atoms with Crippen LogP contribution >= 0.6 is 23.1 Å². The predicted octanol–water partition coefficient (Wildman–Crippen LogP) is 4.85. The van der Waals surface area contributed by atoms with Crippen LogP contribution in [-0.2, 0) is 4.79 Å². The molecule has 3 aromatic heterocycles. The minimum absolute atomic E-state index is 0.00651. The highest BCUT2D eigenvalue weighted by Gasteiger charge is 2.20. The smallest absolute Gasteiger partial charge is 0.269 e. The van der Waals surface area contributed by atoms with Crippen molar-refractivity contribution in [3.8, 4) is 11.3 Å². The first-order valence-electron chi connectivity index (χ1n) is 10.4. The minimum Gasteiger partial charge on any atom is -0.338 e. The second-order valence-corrected chi connectivity index (χ2v) is 9.14. The molecule has 0 saturated carbocycles. The van der Waals surface area contributed by atoms with Gasteiger partial charge < -0.3 is 4.98 Å². The maximum atomic E-state index is 13.0. The summed E-state index contributed by atoms with van der Waals surface area (Å²) in [5, 5.41) is 23.0. The Labute approximate surface area is 206 Å². The fraction of sp³-hybridized carbons (Fsp3) is 0.0870. The van der Waals surface area contributed by atoms with Gasteiger partial charge in [0.1, 0.15) is 5.52 Å². The van der Waals surface area contributed by atoms with Crippen molar-refractivity contribution in [3.05, 3.63) is 76.7 Å². The van der Waals surface area contributed by atoms with Crippen molar-refractivity contribution in [1.82, 2.24) is 25.1 Å². The number of H-pyrrole nitrogens is 1. The van der Waals surface area contributed by atoms with E-state index in [4.69, 9.17) is 0 Å². The number of nitro benzene ring substituents is 1. The van der Waals surface area contributed by atoms with E-state index in [2.05, 4.69) is 31.7 Å². The molecule has 0 radical (unpaired) electrons. The zero-order valence-electron chi connectivity index (χ0n) is 18.1. The van der Waals surface area contributed by atoms with Crippen molar-refractivity contribution in [2.24, 2.45) is 0 Å². The summed E-state index contributed by atoms with van der Waals surface area (Å²) in [5.74, 6) is -0.0897. The molecule has 0 saturated heterocycles. The molecule has 35 heavy (non-hydrogen) atoms. The van der Waals surface area contributed by atoms with Gasteiger partial charge in [0, 0.05) is 40.5 Å². The van der Waals surface area contributed by atoms with Gasteiger partial charge in [-0.3, -0.25) is 19.8 Å². The molecule has 5 rings (SSSR count). The van der Waals surface area contributed by atoms with Crippen LogP contribution in [0.3, 0.4) is 0 Å². The number of anilines is 1. The Morgan fingerprint density at radius 3 is 2.74 bits per heavy atom. The Morgan fingerprint density at radius 1 is 1.17 bits per heavy atom. The lowest BCUT2D eigenvalue weighted by atomic mass is 10.1. The lowest BCUT2D eigenvalue weighted by molar-refractivity contribution is -0.384. The maximum absolute atomic E-state index is 13.0. The van der Waals surface area contributed by atoms with Crippen molar-refractivity contribution in [2.45, 2.75) is 5.16 Å². The quantitative estimate of drug-likeness (QED) is 0.138. The second kappa shape index (κ2) is 9.60. The number of thiazole rings is 1. The van der Waals surface area contributed by atoms with Gasteiger partial charge in [-0.05, 0) is 18.2 Å². The van der Waals surface area contributed by atoms with E-state index in [1.807, 2.05) is 29.6 Å². The molecule has 10 nitrogen and oxygen atoms in total. The van der Waals surface area contributed by atoms with Gasteiger partial charge in [-0.2, -0.15) is 0 Å². The summed E-state index contributed by atoms with van der Waals surface area (Å²) in [6.07, 6.45) is 1.63. The topological polar surface area (TPSA) is 131 Å². The molecule has 12 heteroatoms. The van der Waals surface area contributed by atoms with Gasteiger partial charge in [0.15, 0.2) is 10.8 Å². The summed E-state index contributed by atoms with van der Waals surface area (Å²) in [7, 11) is 0. The number of nitro groups is 1.